The number of aromatic nitrogens is 1. The van der Waals surface area contributed by atoms with Crippen molar-refractivity contribution in [3.05, 3.63) is 28.2 Å². The molecule has 8 nitrogen and oxygen atoms in total. The van der Waals surface area contributed by atoms with Crippen molar-refractivity contribution >= 4 is 57.0 Å². The van der Waals surface area contributed by atoms with Gasteiger partial charge in [-0.05, 0) is 18.2 Å². The molecule has 0 aliphatic carbocycles. The molecule has 0 radical (unpaired) electrons. The van der Waals surface area contributed by atoms with E-state index in [0.29, 0.717) is 15.5 Å². The van der Waals surface area contributed by atoms with Gasteiger partial charge in [0.15, 0.2) is 0 Å². The number of thiazole rings is 1. The lowest BCUT2D eigenvalue weighted by Crippen LogP contribution is -2.57. The molecule has 1 saturated heterocycles. The number of amides is 4. The van der Waals surface area contributed by atoms with Crippen molar-refractivity contribution < 1.29 is 28.8 Å². The number of nitrogens with zero attached hydrogens (tertiary/aromatic N) is 2. The zero-order chi connectivity index (χ0) is 16.8. The van der Waals surface area contributed by atoms with E-state index in [2.05, 4.69) is 4.98 Å². The summed E-state index contributed by atoms with van der Waals surface area (Å²) >= 11 is 7.05. The van der Waals surface area contributed by atoms with Crippen LogP contribution in [0.5, 0.6) is 0 Å². The van der Waals surface area contributed by atoms with Crippen LogP contribution < -0.4 is 10.4 Å². The Morgan fingerprint density at radius 3 is 2.70 bits per heavy atom. The van der Waals surface area contributed by atoms with Crippen molar-refractivity contribution in [1.29, 1.82) is 0 Å². The smallest absolute Gasteiger partial charge is 0.432 e. The number of rotatable bonds is 4. The van der Waals surface area contributed by atoms with E-state index < -0.39 is 34.8 Å². The predicted octanol–water partition coefficient (Wildman–Crippen LogP) is -0.207. The maximum Gasteiger partial charge on any atom is 0.432 e. The number of urea groups is 1. The van der Waals surface area contributed by atoms with Crippen LogP contribution in [0, 0.1) is 0 Å². The van der Waals surface area contributed by atoms with Gasteiger partial charge in [0.1, 0.15) is 18.1 Å². The minimum absolute atomic E-state index is 0.335. The van der Waals surface area contributed by atoms with E-state index in [0.717, 1.165) is 16.0 Å². The van der Waals surface area contributed by atoms with Gasteiger partial charge in [0.25, 0.3) is 0 Å². The zero-order valence-electron chi connectivity index (χ0n) is 11.4. The molecule has 1 aliphatic rings. The number of carboxylic acids is 1. The Bertz CT molecular complexity index is 880. The van der Waals surface area contributed by atoms with Gasteiger partial charge in [-0.2, -0.15) is 4.48 Å². The third kappa shape index (κ3) is 2.58. The number of carboxylic acid groups (broad SMARTS) is 1. The lowest BCUT2D eigenvalue weighted by molar-refractivity contribution is -0.775. The van der Waals surface area contributed by atoms with E-state index in [1.807, 2.05) is 5.32 Å². The largest absolute Gasteiger partial charge is 0.544 e. The maximum absolute atomic E-state index is 12.1. The molecule has 4 amide bonds. The van der Waals surface area contributed by atoms with Crippen LogP contribution in [0.1, 0.15) is 5.01 Å². The van der Waals surface area contributed by atoms with Gasteiger partial charge in [0.05, 0.1) is 16.2 Å². The van der Waals surface area contributed by atoms with Crippen molar-refractivity contribution in [3.63, 3.8) is 0 Å². The Labute approximate surface area is 137 Å². The summed E-state index contributed by atoms with van der Waals surface area (Å²) in [6, 6.07) is 3.97. The van der Waals surface area contributed by atoms with Gasteiger partial charge in [0.2, 0.25) is 0 Å². The highest BCUT2D eigenvalue weighted by atomic mass is 35.5. The fraction of sp³-hybridized carbons (Fsp3) is 0.154. The van der Waals surface area contributed by atoms with Crippen LogP contribution in [0.3, 0.4) is 0 Å². The number of hydrogen-bond donors (Lipinski definition) is 1. The molecule has 23 heavy (non-hydrogen) atoms. The molecule has 0 bridgehead atoms. The average molecular weight is 354 g/mol. The van der Waals surface area contributed by atoms with E-state index in [9.17, 15) is 24.3 Å². The Balaban J connectivity index is 2.04. The molecule has 1 aromatic carbocycles. The average Bonchev–Trinajstić information content (AvgIpc) is 2.93. The van der Waals surface area contributed by atoms with Crippen molar-refractivity contribution in [3.8, 4) is 0 Å². The van der Waals surface area contributed by atoms with Gasteiger partial charge in [-0.15, -0.1) is 11.3 Å². The molecule has 0 saturated carbocycles. The summed E-state index contributed by atoms with van der Waals surface area (Å²) in [5, 5.41) is 13.6. The van der Waals surface area contributed by atoms with Crippen LogP contribution in [0.2, 0.25) is 5.02 Å². The number of aliphatic carboxylic acids is 1. The van der Waals surface area contributed by atoms with Gasteiger partial charge in [-0.1, -0.05) is 11.6 Å². The molecule has 1 fully saturated rings. The second-order valence-corrected chi connectivity index (χ2v) is 6.49. The van der Waals surface area contributed by atoms with Crippen LogP contribution in [-0.2, 0) is 20.9 Å². The molecule has 3 rings (SSSR count). The Morgan fingerprint density at radius 1 is 1.35 bits per heavy atom. The summed E-state index contributed by atoms with van der Waals surface area (Å²) in [5.41, 5.74) is 0.597. The SMILES string of the molecule is O=C([O-])C[N+]1(Cc2nc3ccc(Cl)cc3s2)C(=O)NC(=O)C1=O. The Kier molecular flexibility index (Phi) is 3.63. The van der Waals surface area contributed by atoms with E-state index >= 15 is 0 Å². The van der Waals surface area contributed by atoms with Gasteiger partial charge in [-0.3, -0.25) is 4.79 Å². The molecular weight excluding hydrogens is 346 g/mol. The minimum atomic E-state index is -1.62. The van der Waals surface area contributed by atoms with Crippen molar-refractivity contribution in [2.24, 2.45) is 0 Å². The number of fused-ring (bicyclic) bond motifs is 1. The first-order valence-corrected chi connectivity index (χ1v) is 7.53. The molecule has 0 spiro atoms. The fourth-order valence-corrected chi connectivity index (χ4v) is 3.68. The second-order valence-electron chi connectivity index (χ2n) is 4.94. The van der Waals surface area contributed by atoms with Crippen LogP contribution >= 0.6 is 22.9 Å². The Morgan fingerprint density at radius 2 is 2.09 bits per heavy atom. The predicted molar refractivity (Wildman–Crippen MR) is 77.0 cm³/mol. The van der Waals surface area contributed by atoms with Crippen molar-refractivity contribution in [1.82, 2.24) is 10.3 Å². The fourth-order valence-electron chi connectivity index (χ4n) is 2.35. The molecule has 2 heterocycles. The number of carbonyl (C=O) groups is 4. The van der Waals surface area contributed by atoms with Crippen molar-refractivity contribution in [2.45, 2.75) is 6.54 Å². The maximum atomic E-state index is 12.1. The molecular formula is C13H8ClN3O5S. The monoisotopic (exact) mass is 353 g/mol. The quantitative estimate of drug-likeness (QED) is 0.462. The first-order valence-electron chi connectivity index (χ1n) is 6.34. The number of hydrogen-bond acceptors (Lipinski definition) is 7. The van der Waals surface area contributed by atoms with Gasteiger partial charge in [0, 0.05) is 5.02 Å². The standard InChI is InChI=1S/C13H8ClN3O5S/c14-6-1-2-7-8(3-6)23-9(15-7)4-17(5-10(18)19)12(21)11(20)16-13(17)22/h1-3H,4-5H2,(H-,16,18,19,20,22). The van der Waals surface area contributed by atoms with Crippen LogP contribution in [0.25, 0.3) is 10.2 Å². The first-order chi connectivity index (χ1) is 10.8. The van der Waals surface area contributed by atoms with Crippen molar-refractivity contribution in [2.75, 3.05) is 6.54 Å². The number of benzene rings is 1. The van der Waals surface area contributed by atoms with E-state index in [4.69, 9.17) is 11.6 Å². The second kappa shape index (κ2) is 5.37. The topological polar surface area (TPSA) is 116 Å². The first kappa shape index (κ1) is 15.5. The number of nitrogens with one attached hydrogen (secondary N) is 1. The van der Waals surface area contributed by atoms with Gasteiger partial charge < -0.3 is 9.90 Å². The third-order valence-corrected chi connectivity index (χ3v) is 4.63. The third-order valence-electron chi connectivity index (χ3n) is 3.39. The molecule has 1 unspecified atom stereocenters. The van der Waals surface area contributed by atoms with E-state index in [1.165, 1.54) is 0 Å². The molecule has 10 heteroatoms. The number of imide groups is 2. The lowest BCUT2D eigenvalue weighted by Gasteiger charge is -2.25. The summed E-state index contributed by atoms with van der Waals surface area (Å²) in [6.45, 7) is -1.28. The molecule has 1 aliphatic heterocycles. The number of carbonyl (C=O) groups excluding carboxylic acids is 4. The Hall–Kier alpha value is -2.36. The summed E-state index contributed by atoms with van der Waals surface area (Å²) < 4.78 is -0.494. The highest BCUT2D eigenvalue weighted by molar-refractivity contribution is 7.18. The molecule has 1 aromatic heterocycles. The highest BCUT2D eigenvalue weighted by Gasteiger charge is 2.56. The molecule has 1 N–H and O–H groups in total. The zero-order valence-corrected chi connectivity index (χ0v) is 12.9. The van der Waals surface area contributed by atoms with E-state index in [1.54, 1.807) is 18.2 Å². The summed E-state index contributed by atoms with van der Waals surface area (Å²) in [7, 11) is 0. The highest BCUT2D eigenvalue weighted by Crippen LogP contribution is 2.29. The van der Waals surface area contributed by atoms with Crippen LogP contribution in [0.4, 0.5) is 4.79 Å². The normalized spacial score (nSPS) is 21.0. The summed E-state index contributed by atoms with van der Waals surface area (Å²) in [6.07, 6.45) is 0. The number of halogens is 1. The van der Waals surface area contributed by atoms with Gasteiger partial charge >= 0.3 is 17.8 Å². The summed E-state index contributed by atoms with van der Waals surface area (Å²) in [5.74, 6) is -3.90. The molecule has 2 aromatic rings. The minimum Gasteiger partial charge on any atom is -0.544 e. The lowest BCUT2D eigenvalue weighted by atomic mass is 10.3. The van der Waals surface area contributed by atoms with E-state index in [-0.39, 0.29) is 6.54 Å². The number of quaternary nitrogens is 1. The molecule has 1 atom stereocenters. The van der Waals surface area contributed by atoms with Gasteiger partial charge in [-0.25, -0.2) is 19.9 Å². The molecule has 118 valence electrons. The van der Waals surface area contributed by atoms with Crippen LogP contribution in [0.15, 0.2) is 18.2 Å². The van der Waals surface area contributed by atoms with Crippen LogP contribution in [-0.4, -0.2) is 39.8 Å². The summed E-state index contributed by atoms with van der Waals surface area (Å²) in [4.78, 5) is 50.7.